The van der Waals surface area contributed by atoms with Gasteiger partial charge in [0.25, 0.3) is 0 Å². The van der Waals surface area contributed by atoms with Gasteiger partial charge in [-0.2, -0.15) is 0 Å². The molecule has 42 heteroatoms. The summed E-state index contributed by atoms with van der Waals surface area (Å²) < 4.78 is 86.2. The molecule has 19 N–H and O–H groups in total. The fourth-order valence-corrected chi connectivity index (χ4v) is 18.0. The number of amides is 8. The van der Waals surface area contributed by atoms with E-state index in [1.165, 1.54) is 40.0 Å². The van der Waals surface area contributed by atoms with E-state index in [4.69, 9.17) is 66.9 Å². The van der Waals surface area contributed by atoms with Gasteiger partial charge in [-0.3, -0.25) is 38.4 Å². The highest BCUT2D eigenvalue weighted by Crippen LogP contribution is 2.58. The molecule has 0 aromatic rings. The molecular weight excluding hydrogens is 1700 g/mol. The maximum absolute atomic E-state index is 14.7. The van der Waals surface area contributed by atoms with Crippen LogP contribution in [0.15, 0.2) is 24.2 Å². The van der Waals surface area contributed by atoms with Crippen molar-refractivity contribution in [2.75, 3.05) is 152 Å². The van der Waals surface area contributed by atoms with Crippen molar-refractivity contribution in [2.45, 2.75) is 297 Å². The van der Waals surface area contributed by atoms with E-state index >= 15 is 0 Å². The average molecular weight is 1850 g/mol. The number of carbonyl (C=O) groups is 8. The molecule has 41 nitrogen and oxygen atoms in total. The number of hydrogen-bond acceptors (Lipinski definition) is 33. The normalized spacial score (nSPS) is 28.5. The van der Waals surface area contributed by atoms with Gasteiger partial charge in [0.05, 0.1) is 92.3 Å². The van der Waals surface area contributed by atoms with Gasteiger partial charge in [-0.15, -0.1) is 4.52 Å². The number of likely N-dealkylation sites (tertiary alicyclic amines) is 1. The summed E-state index contributed by atoms with van der Waals surface area (Å²) in [5.41, 5.74) is 4.10. The Hall–Kier alpha value is -6.10. The number of unbranched alkanes of at least 4 members (excludes halogenated alkanes) is 13. The van der Waals surface area contributed by atoms with Crippen LogP contribution in [-0.4, -0.2) is 346 Å². The van der Waals surface area contributed by atoms with Crippen molar-refractivity contribution in [2.24, 2.45) is 29.4 Å². The number of nitrogens with two attached hydrogens (primary N) is 1. The van der Waals surface area contributed by atoms with Gasteiger partial charge in [0, 0.05) is 121 Å². The molecular formula is C86H150N10O31P+. The molecule has 7 rings (SSSR count). The maximum Gasteiger partial charge on any atom is 0.749 e. The number of carbonyl (C=O) groups excluding carboxylic acids is 8. The highest BCUT2D eigenvalue weighted by molar-refractivity contribution is 7.33. The van der Waals surface area contributed by atoms with Gasteiger partial charge in [-0.25, -0.2) is 4.52 Å². The van der Waals surface area contributed by atoms with Crippen LogP contribution < -0.4 is 48.3 Å². The molecule has 734 valence electrons. The topological polar surface area (TPSA) is 581 Å². The predicted molar refractivity (Wildman–Crippen MR) is 460 cm³/mol. The third-order valence-electron chi connectivity index (χ3n) is 24.8. The summed E-state index contributed by atoms with van der Waals surface area (Å²) in [5, 5.41) is 115. The molecule has 7 aliphatic rings. The quantitative estimate of drug-likeness (QED) is 0.0212. The van der Waals surface area contributed by atoms with Gasteiger partial charge < -0.3 is 151 Å². The first-order chi connectivity index (χ1) is 61.7. The lowest BCUT2D eigenvalue weighted by Crippen LogP contribution is -3.00. The number of piperidine rings is 1. The second-order valence-electron chi connectivity index (χ2n) is 34.4. The van der Waals surface area contributed by atoms with Crippen molar-refractivity contribution in [1.82, 2.24) is 47.4 Å². The first-order valence-corrected chi connectivity index (χ1v) is 47.2. The van der Waals surface area contributed by atoms with Crippen LogP contribution in [-0.2, 0) is 104 Å². The Morgan fingerprint density at radius 2 is 0.992 bits per heavy atom. The van der Waals surface area contributed by atoms with Crippen molar-refractivity contribution in [3.8, 4) is 0 Å². The summed E-state index contributed by atoms with van der Waals surface area (Å²) in [6, 6.07) is -2.13. The highest BCUT2D eigenvalue weighted by atomic mass is 31.1. The van der Waals surface area contributed by atoms with E-state index in [0.717, 1.165) is 80.4 Å². The number of aliphatic hydroxyl groups excluding tert-OH is 9. The smallest absolute Gasteiger partial charge is 0.401 e. The van der Waals surface area contributed by atoms with E-state index in [0.29, 0.717) is 136 Å². The predicted octanol–water partition coefficient (Wildman–Crippen LogP) is -0.241. The van der Waals surface area contributed by atoms with Gasteiger partial charge in [0.1, 0.15) is 79.3 Å². The van der Waals surface area contributed by atoms with Crippen molar-refractivity contribution in [3.63, 3.8) is 0 Å². The van der Waals surface area contributed by atoms with Crippen molar-refractivity contribution in [3.05, 3.63) is 24.2 Å². The van der Waals surface area contributed by atoms with Crippen molar-refractivity contribution < 1.29 is 150 Å². The Labute approximate surface area is 752 Å². The average Bonchev–Trinajstić information content (AvgIpc) is 0.852. The summed E-state index contributed by atoms with van der Waals surface area (Å²) >= 11 is 0. The number of fused-ring (bicyclic) bond motifs is 2. The molecule has 0 radical (unpaired) electrons. The van der Waals surface area contributed by atoms with Crippen LogP contribution in [0.1, 0.15) is 201 Å². The minimum Gasteiger partial charge on any atom is -0.401 e. The minimum absolute atomic E-state index is 0.0738. The summed E-state index contributed by atoms with van der Waals surface area (Å²) in [4.78, 5) is 106. The Morgan fingerprint density at radius 1 is 0.531 bits per heavy atom. The molecule has 19 atom stereocenters. The van der Waals surface area contributed by atoms with Crippen molar-refractivity contribution >= 4 is 55.5 Å². The van der Waals surface area contributed by atoms with Gasteiger partial charge in [-0.1, -0.05) is 70.8 Å². The maximum atomic E-state index is 14.7. The molecule has 4 heterocycles. The summed E-state index contributed by atoms with van der Waals surface area (Å²) in [5.74, 6) is -1.22. The highest BCUT2D eigenvalue weighted by Gasteiger charge is 2.85. The molecule has 2 saturated carbocycles. The summed E-state index contributed by atoms with van der Waals surface area (Å²) in [7, 11) is -2.13. The lowest BCUT2D eigenvalue weighted by atomic mass is 9.53. The SMILES string of the molecule is C=CO[P+](=O)OCCCCCCCC1C2CC/C(N)=C(/NCCOCCOCCC(=O)N3CCC(C(=O)NC(COCCC(=O)NCCCCCCOC4OC(CO)C(O)C(O)C4NC(C)=O)(COCCC(=O)NCCCCCCOC4OC(CO)C(O)C(O)C4NC(C)=O)COCCC(=O)NCCCCCCOC4OC5(CO)C(O)C(O)C45NC(C)=O)CC3)CCC12. The van der Waals surface area contributed by atoms with E-state index in [1.54, 1.807) is 4.90 Å². The largest absolute Gasteiger partial charge is 0.749 e. The molecule has 4 aliphatic heterocycles. The van der Waals surface area contributed by atoms with Gasteiger partial charge >= 0.3 is 8.25 Å². The first-order valence-electron chi connectivity index (χ1n) is 46.1. The molecule has 0 bridgehead atoms. The molecule has 8 amide bonds. The number of rotatable bonds is 68. The number of nitrogens with zero attached hydrogens (tertiary/aromatic N) is 1. The fraction of sp³-hybridized carbons (Fsp3) is 0.860. The summed E-state index contributed by atoms with van der Waals surface area (Å²) in [6.45, 7) is 8.69. The van der Waals surface area contributed by atoms with E-state index in [2.05, 4.69) is 49.1 Å². The van der Waals surface area contributed by atoms with E-state index in [1.807, 2.05) is 0 Å². The second kappa shape index (κ2) is 58.8. The van der Waals surface area contributed by atoms with E-state index < -0.39 is 148 Å². The second-order valence-corrected chi connectivity index (χ2v) is 35.3. The molecule has 6 fully saturated rings. The van der Waals surface area contributed by atoms with Crippen LogP contribution in [0.25, 0.3) is 0 Å². The zero-order valence-corrected chi connectivity index (χ0v) is 76.0. The van der Waals surface area contributed by atoms with Gasteiger partial charge in [0.2, 0.25) is 47.3 Å². The minimum atomic E-state index is -2.13. The monoisotopic (exact) mass is 1850 g/mol. The fourth-order valence-electron chi connectivity index (χ4n) is 17.5. The molecule has 0 spiro atoms. The Balaban J connectivity index is 0.869. The molecule has 19 unspecified atom stereocenters. The molecule has 0 aromatic heterocycles. The van der Waals surface area contributed by atoms with Crippen LogP contribution in [0.5, 0.6) is 0 Å². The third-order valence-corrected chi connectivity index (χ3v) is 25.5. The number of allylic oxidation sites excluding steroid dienone is 2. The molecule has 0 aromatic carbocycles. The standard InChI is InChI=1S/C86H149N10O31P/c1-5-123-128(114)124-43-22-11-6-7-15-23-61-62-24-26-64(87)65(27-25-63(61)62)88-37-48-116-50-49-115-47-33-71(106)96-38-28-60(29-39-96)80(113)95-84(54-117-44-30-68(103)89-34-16-8-12-19-40-120-81-72(92-57(2)100)76(109)74(107)66(51-97)125-81,55-118-45-31-69(104)90-35-17-9-13-20-41-121-82-73(93-58(3)101)77(110)75(108)67(52-98)126-82)56-119-46-32-70(105)91-36-18-10-14-21-42-122-83-86(94-59(4)102)79(112)78(111)85(86,53-99)127-83/h5,60-63,66-67,72-79,81-83,88,97-99,107-112H,1,6-56,87H2,2-4H3,(H6-,89,90,91,92,93,94,95,100,101,102,103,104,105,113)/p+1/b65-64-. The first kappa shape index (κ1) is 109. The van der Waals surface area contributed by atoms with E-state index in [-0.39, 0.29) is 141 Å². The zero-order valence-electron chi connectivity index (χ0n) is 75.1. The number of nitrogens with one attached hydrogen (secondary N) is 8. The number of hydrogen-bond donors (Lipinski definition) is 18. The van der Waals surface area contributed by atoms with Gasteiger partial charge in [-0.05, 0) is 108 Å². The summed E-state index contributed by atoms with van der Waals surface area (Å²) in [6.07, 6.45) is 5.75. The van der Waals surface area contributed by atoms with Crippen LogP contribution in [0.4, 0.5) is 0 Å². The van der Waals surface area contributed by atoms with Crippen LogP contribution in [0.3, 0.4) is 0 Å². The molecule has 4 saturated heterocycles. The lowest BCUT2D eigenvalue weighted by Gasteiger charge is -2.73. The zero-order chi connectivity index (χ0) is 92.9. The van der Waals surface area contributed by atoms with Crippen LogP contribution in [0.2, 0.25) is 0 Å². The Kier molecular flexibility index (Phi) is 50.1. The lowest BCUT2D eigenvalue weighted by molar-refractivity contribution is -0.475. The Bertz CT molecular complexity index is 3230. The van der Waals surface area contributed by atoms with Crippen LogP contribution >= 0.6 is 8.25 Å². The number of ether oxygens (including phenoxy) is 11. The molecule has 128 heavy (non-hydrogen) atoms. The molecule has 3 aliphatic carbocycles. The third kappa shape index (κ3) is 35.1. The Morgan fingerprint density at radius 3 is 1.48 bits per heavy atom. The van der Waals surface area contributed by atoms with Crippen molar-refractivity contribution in [1.29, 1.82) is 0 Å². The number of aliphatic hydroxyl groups is 9. The van der Waals surface area contributed by atoms with Gasteiger partial charge in [0.15, 0.2) is 30.0 Å². The van der Waals surface area contributed by atoms with Crippen LogP contribution in [0, 0.1) is 23.7 Å². The van der Waals surface area contributed by atoms with E-state index in [9.17, 15) is 88.9 Å².